The SMILES string of the molecule is CNC(CN1CCC(C)CC1)(C(N)=O)c1ccccc1. The molecule has 1 aromatic carbocycles. The van der Waals surface area contributed by atoms with Crippen LogP contribution in [0.2, 0.25) is 0 Å². The standard InChI is InChI=1S/C16H25N3O/c1-13-8-10-19(11-9-13)12-16(18-2,15(17)20)14-6-4-3-5-7-14/h3-7,13,18H,8-12H2,1-2H3,(H2,17,20). The van der Waals surface area contributed by atoms with Gasteiger partial charge in [-0.1, -0.05) is 37.3 Å². The summed E-state index contributed by atoms with van der Waals surface area (Å²) >= 11 is 0. The van der Waals surface area contributed by atoms with Gasteiger partial charge >= 0.3 is 0 Å². The summed E-state index contributed by atoms with van der Waals surface area (Å²) in [5, 5.41) is 3.17. The van der Waals surface area contributed by atoms with Crippen molar-refractivity contribution in [1.29, 1.82) is 0 Å². The number of amides is 1. The molecule has 0 spiro atoms. The minimum absolute atomic E-state index is 0.315. The third-order valence-corrected chi connectivity index (χ3v) is 4.45. The Morgan fingerprint density at radius 1 is 1.35 bits per heavy atom. The van der Waals surface area contributed by atoms with E-state index in [9.17, 15) is 4.79 Å². The molecule has 110 valence electrons. The summed E-state index contributed by atoms with van der Waals surface area (Å²) in [6.45, 7) is 4.99. The first kappa shape index (κ1) is 15.0. The number of rotatable bonds is 5. The minimum Gasteiger partial charge on any atom is -0.368 e. The fourth-order valence-electron chi connectivity index (χ4n) is 2.94. The minimum atomic E-state index is -0.804. The van der Waals surface area contributed by atoms with E-state index < -0.39 is 5.54 Å². The molecule has 1 amide bonds. The number of hydrogen-bond donors (Lipinski definition) is 2. The largest absolute Gasteiger partial charge is 0.368 e. The number of primary amides is 1. The van der Waals surface area contributed by atoms with E-state index in [2.05, 4.69) is 17.1 Å². The van der Waals surface area contributed by atoms with Crippen molar-refractivity contribution in [3.05, 3.63) is 35.9 Å². The highest BCUT2D eigenvalue weighted by atomic mass is 16.1. The van der Waals surface area contributed by atoms with Crippen molar-refractivity contribution < 1.29 is 4.79 Å². The lowest BCUT2D eigenvalue weighted by atomic mass is 9.87. The number of nitrogens with one attached hydrogen (secondary N) is 1. The van der Waals surface area contributed by atoms with Crippen molar-refractivity contribution in [1.82, 2.24) is 10.2 Å². The van der Waals surface area contributed by atoms with Crippen molar-refractivity contribution >= 4 is 5.91 Å². The van der Waals surface area contributed by atoms with Gasteiger partial charge in [-0.15, -0.1) is 0 Å². The summed E-state index contributed by atoms with van der Waals surface area (Å²) in [4.78, 5) is 14.5. The van der Waals surface area contributed by atoms with Crippen molar-refractivity contribution in [2.24, 2.45) is 11.7 Å². The highest BCUT2D eigenvalue weighted by Crippen LogP contribution is 2.25. The fourth-order valence-corrected chi connectivity index (χ4v) is 2.94. The van der Waals surface area contributed by atoms with Gasteiger partial charge in [0, 0.05) is 6.54 Å². The second-order valence-electron chi connectivity index (χ2n) is 5.84. The average Bonchev–Trinajstić information content (AvgIpc) is 2.47. The van der Waals surface area contributed by atoms with Crippen LogP contribution in [0.25, 0.3) is 0 Å². The number of likely N-dealkylation sites (N-methyl/N-ethyl adjacent to an activating group) is 1. The average molecular weight is 275 g/mol. The molecule has 4 heteroatoms. The fraction of sp³-hybridized carbons (Fsp3) is 0.562. The van der Waals surface area contributed by atoms with Crippen LogP contribution in [0.3, 0.4) is 0 Å². The highest BCUT2D eigenvalue weighted by Gasteiger charge is 2.39. The van der Waals surface area contributed by atoms with Crippen molar-refractivity contribution in [2.45, 2.75) is 25.3 Å². The highest BCUT2D eigenvalue weighted by molar-refractivity contribution is 5.86. The van der Waals surface area contributed by atoms with Crippen LogP contribution in [0.4, 0.5) is 0 Å². The van der Waals surface area contributed by atoms with Crippen LogP contribution in [0.5, 0.6) is 0 Å². The second kappa shape index (κ2) is 6.37. The molecule has 1 saturated heterocycles. The maximum Gasteiger partial charge on any atom is 0.243 e. The van der Waals surface area contributed by atoms with Gasteiger partial charge in [0.2, 0.25) is 5.91 Å². The van der Waals surface area contributed by atoms with Gasteiger partial charge in [-0.25, -0.2) is 0 Å². The van der Waals surface area contributed by atoms with Crippen LogP contribution in [-0.2, 0) is 10.3 Å². The van der Waals surface area contributed by atoms with Crippen molar-refractivity contribution in [3.8, 4) is 0 Å². The van der Waals surface area contributed by atoms with Gasteiger partial charge in [0.25, 0.3) is 0 Å². The first-order chi connectivity index (χ1) is 9.58. The number of piperidine rings is 1. The Labute approximate surface area is 121 Å². The summed E-state index contributed by atoms with van der Waals surface area (Å²) in [6, 6.07) is 9.78. The number of carbonyl (C=O) groups excluding carboxylic acids is 1. The molecule has 1 atom stereocenters. The van der Waals surface area contributed by atoms with E-state index in [1.807, 2.05) is 37.4 Å². The molecule has 0 bridgehead atoms. The molecule has 1 fully saturated rings. The van der Waals surface area contributed by atoms with E-state index in [-0.39, 0.29) is 5.91 Å². The summed E-state index contributed by atoms with van der Waals surface area (Å²) in [7, 11) is 1.81. The van der Waals surface area contributed by atoms with E-state index in [4.69, 9.17) is 5.73 Å². The van der Waals surface area contributed by atoms with E-state index in [0.29, 0.717) is 6.54 Å². The molecule has 4 nitrogen and oxygen atoms in total. The van der Waals surface area contributed by atoms with Gasteiger partial charge in [0.05, 0.1) is 0 Å². The first-order valence-electron chi connectivity index (χ1n) is 7.35. The molecular formula is C16H25N3O. The molecule has 3 N–H and O–H groups in total. The summed E-state index contributed by atoms with van der Waals surface area (Å²) < 4.78 is 0. The zero-order valence-electron chi connectivity index (χ0n) is 12.4. The Morgan fingerprint density at radius 3 is 2.45 bits per heavy atom. The molecule has 1 aliphatic rings. The molecule has 0 aliphatic carbocycles. The molecular weight excluding hydrogens is 250 g/mol. The maximum absolute atomic E-state index is 12.1. The molecule has 1 unspecified atom stereocenters. The predicted molar refractivity (Wildman–Crippen MR) is 81.2 cm³/mol. The van der Waals surface area contributed by atoms with E-state index in [1.165, 1.54) is 12.8 Å². The van der Waals surface area contributed by atoms with Crippen LogP contribution in [0.15, 0.2) is 30.3 Å². The molecule has 0 saturated carbocycles. The Balaban J connectivity index is 2.22. The van der Waals surface area contributed by atoms with Crippen LogP contribution >= 0.6 is 0 Å². The number of benzene rings is 1. The van der Waals surface area contributed by atoms with Crippen molar-refractivity contribution in [3.63, 3.8) is 0 Å². The molecule has 20 heavy (non-hydrogen) atoms. The lowest BCUT2D eigenvalue weighted by molar-refractivity contribution is -0.125. The third-order valence-electron chi connectivity index (χ3n) is 4.45. The monoisotopic (exact) mass is 275 g/mol. The van der Waals surface area contributed by atoms with E-state index in [0.717, 1.165) is 24.6 Å². The normalized spacial score (nSPS) is 20.5. The quantitative estimate of drug-likeness (QED) is 0.852. The number of carbonyl (C=O) groups is 1. The molecule has 1 aliphatic heterocycles. The lowest BCUT2D eigenvalue weighted by Gasteiger charge is -2.39. The third kappa shape index (κ3) is 3.02. The number of nitrogens with two attached hydrogens (primary N) is 1. The smallest absolute Gasteiger partial charge is 0.243 e. The zero-order valence-corrected chi connectivity index (χ0v) is 12.4. The zero-order chi connectivity index (χ0) is 14.6. The number of hydrogen-bond acceptors (Lipinski definition) is 3. The van der Waals surface area contributed by atoms with Crippen LogP contribution in [0.1, 0.15) is 25.3 Å². The maximum atomic E-state index is 12.1. The summed E-state index contributed by atoms with van der Waals surface area (Å²) in [5.74, 6) is 0.463. The Bertz CT molecular complexity index is 440. The molecule has 0 radical (unpaired) electrons. The summed E-state index contributed by atoms with van der Waals surface area (Å²) in [6.07, 6.45) is 2.38. The predicted octanol–water partition coefficient (Wildman–Crippen LogP) is 1.32. The van der Waals surface area contributed by atoms with Gasteiger partial charge in [-0.2, -0.15) is 0 Å². The van der Waals surface area contributed by atoms with Crippen LogP contribution < -0.4 is 11.1 Å². The van der Waals surface area contributed by atoms with Gasteiger partial charge in [-0.05, 0) is 44.5 Å². The molecule has 2 rings (SSSR count). The Hall–Kier alpha value is -1.39. The van der Waals surface area contributed by atoms with Crippen LogP contribution in [0, 0.1) is 5.92 Å². The molecule has 1 heterocycles. The molecule has 1 aromatic rings. The van der Waals surface area contributed by atoms with E-state index in [1.54, 1.807) is 0 Å². The Morgan fingerprint density at radius 2 is 1.95 bits per heavy atom. The molecule has 0 aromatic heterocycles. The number of likely N-dealkylation sites (tertiary alicyclic amines) is 1. The second-order valence-corrected chi connectivity index (χ2v) is 5.84. The summed E-state index contributed by atoms with van der Waals surface area (Å²) in [5.41, 5.74) is 5.87. The van der Waals surface area contributed by atoms with Crippen LogP contribution in [-0.4, -0.2) is 37.5 Å². The van der Waals surface area contributed by atoms with Crippen molar-refractivity contribution in [2.75, 3.05) is 26.7 Å². The van der Waals surface area contributed by atoms with Gasteiger partial charge in [-0.3, -0.25) is 4.79 Å². The number of nitrogens with zero attached hydrogens (tertiary/aromatic N) is 1. The van der Waals surface area contributed by atoms with Gasteiger partial charge < -0.3 is 16.0 Å². The van der Waals surface area contributed by atoms with Gasteiger partial charge in [0.1, 0.15) is 5.54 Å². The first-order valence-corrected chi connectivity index (χ1v) is 7.35. The Kier molecular flexibility index (Phi) is 4.78. The lowest BCUT2D eigenvalue weighted by Crippen LogP contribution is -2.58. The van der Waals surface area contributed by atoms with Gasteiger partial charge in [0.15, 0.2) is 0 Å². The van der Waals surface area contributed by atoms with E-state index >= 15 is 0 Å². The topological polar surface area (TPSA) is 58.4 Å².